The second kappa shape index (κ2) is 8.83. The van der Waals surface area contributed by atoms with Crippen LogP contribution in [0.3, 0.4) is 0 Å². The van der Waals surface area contributed by atoms with Gasteiger partial charge in [0.2, 0.25) is 5.91 Å². The minimum Gasteiger partial charge on any atom is -0.349 e. The minimum absolute atomic E-state index is 0.0343. The monoisotopic (exact) mass is 378 g/mol. The highest BCUT2D eigenvalue weighted by atomic mass is 16.2. The fraction of sp³-hybridized carbons (Fsp3) is 0.348. The lowest BCUT2D eigenvalue weighted by atomic mass is 9.97. The molecule has 146 valence electrons. The van der Waals surface area contributed by atoms with E-state index in [1.54, 1.807) is 24.3 Å². The molecule has 3 rings (SSSR count). The van der Waals surface area contributed by atoms with E-state index >= 15 is 0 Å². The Morgan fingerprint density at radius 3 is 2.07 bits per heavy atom. The van der Waals surface area contributed by atoms with Crippen LogP contribution in [0, 0.1) is 5.92 Å². The number of amides is 3. The molecule has 0 bridgehead atoms. The lowest BCUT2D eigenvalue weighted by Gasteiger charge is -2.21. The van der Waals surface area contributed by atoms with Crippen molar-refractivity contribution in [1.82, 2.24) is 10.2 Å². The van der Waals surface area contributed by atoms with Gasteiger partial charge in [0.25, 0.3) is 11.8 Å². The van der Waals surface area contributed by atoms with Gasteiger partial charge < -0.3 is 5.32 Å². The highest BCUT2D eigenvalue weighted by molar-refractivity contribution is 6.21. The van der Waals surface area contributed by atoms with Crippen LogP contribution in [-0.4, -0.2) is 29.2 Å². The van der Waals surface area contributed by atoms with E-state index < -0.39 is 0 Å². The van der Waals surface area contributed by atoms with E-state index in [0.29, 0.717) is 23.5 Å². The maximum atomic E-state index is 12.5. The summed E-state index contributed by atoms with van der Waals surface area (Å²) in [6.07, 6.45) is 1.57. The molecule has 3 amide bonds. The van der Waals surface area contributed by atoms with Crippen LogP contribution in [0.5, 0.6) is 0 Å². The summed E-state index contributed by atoms with van der Waals surface area (Å²) in [4.78, 5) is 38.4. The van der Waals surface area contributed by atoms with Crippen molar-refractivity contribution in [3.8, 4) is 0 Å². The number of benzene rings is 2. The van der Waals surface area contributed by atoms with Gasteiger partial charge in [-0.05, 0) is 36.5 Å². The summed E-state index contributed by atoms with van der Waals surface area (Å²) in [7, 11) is 0. The molecule has 0 saturated heterocycles. The van der Waals surface area contributed by atoms with Crippen molar-refractivity contribution in [3.05, 3.63) is 71.3 Å². The van der Waals surface area contributed by atoms with Crippen LogP contribution in [-0.2, 0) is 4.79 Å². The molecule has 1 aliphatic heterocycles. The predicted octanol–water partition coefficient (Wildman–Crippen LogP) is 3.97. The van der Waals surface area contributed by atoms with Gasteiger partial charge in [0.15, 0.2) is 0 Å². The molecule has 0 aliphatic carbocycles. The Bertz CT molecular complexity index is 826. The third-order valence-electron chi connectivity index (χ3n) is 4.91. The fourth-order valence-electron chi connectivity index (χ4n) is 3.54. The predicted molar refractivity (Wildman–Crippen MR) is 108 cm³/mol. The van der Waals surface area contributed by atoms with Crippen molar-refractivity contribution in [2.24, 2.45) is 5.92 Å². The van der Waals surface area contributed by atoms with Crippen LogP contribution in [0.4, 0.5) is 0 Å². The highest BCUT2D eigenvalue weighted by Gasteiger charge is 2.34. The first kappa shape index (κ1) is 19.8. The lowest BCUT2D eigenvalue weighted by Crippen LogP contribution is -2.33. The molecule has 5 heteroatoms. The van der Waals surface area contributed by atoms with E-state index in [9.17, 15) is 14.4 Å². The van der Waals surface area contributed by atoms with Gasteiger partial charge in [0.05, 0.1) is 17.2 Å². The Labute approximate surface area is 165 Å². The Balaban J connectivity index is 1.54. The summed E-state index contributed by atoms with van der Waals surface area (Å²) in [6, 6.07) is 16.7. The first-order chi connectivity index (χ1) is 13.5. The molecule has 28 heavy (non-hydrogen) atoms. The van der Waals surface area contributed by atoms with Gasteiger partial charge in [-0.15, -0.1) is 0 Å². The van der Waals surface area contributed by atoms with Crippen molar-refractivity contribution in [3.63, 3.8) is 0 Å². The SMILES string of the molecule is CC(C)C[C@H](NC(=O)CCCN1C(=O)c2ccccc2C1=O)c1ccccc1. The van der Waals surface area contributed by atoms with Crippen LogP contribution in [0.25, 0.3) is 0 Å². The summed E-state index contributed by atoms with van der Waals surface area (Å²) in [5.74, 6) is -0.166. The standard InChI is InChI=1S/C23H26N2O3/c1-16(2)15-20(17-9-4-3-5-10-17)24-21(26)13-8-14-25-22(27)18-11-6-7-12-19(18)23(25)28/h3-7,9-12,16,20H,8,13-15H2,1-2H3,(H,24,26)/t20-/m0/s1. The molecule has 0 saturated carbocycles. The molecule has 5 nitrogen and oxygen atoms in total. The van der Waals surface area contributed by atoms with Gasteiger partial charge in [-0.3, -0.25) is 19.3 Å². The number of rotatable bonds is 8. The number of hydrogen-bond donors (Lipinski definition) is 1. The fourth-order valence-corrected chi connectivity index (χ4v) is 3.54. The molecule has 1 N–H and O–H groups in total. The summed E-state index contributed by atoms with van der Waals surface area (Å²) in [5.41, 5.74) is 1.97. The molecule has 2 aromatic rings. The number of fused-ring (bicyclic) bond motifs is 1. The average molecular weight is 378 g/mol. The van der Waals surface area contributed by atoms with E-state index in [2.05, 4.69) is 19.2 Å². The first-order valence-electron chi connectivity index (χ1n) is 9.77. The van der Waals surface area contributed by atoms with Crippen molar-refractivity contribution in [2.75, 3.05) is 6.54 Å². The molecular weight excluding hydrogens is 352 g/mol. The lowest BCUT2D eigenvalue weighted by molar-refractivity contribution is -0.122. The Kier molecular flexibility index (Phi) is 6.24. The molecule has 2 aromatic carbocycles. The molecular formula is C23H26N2O3. The van der Waals surface area contributed by atoms with E-state index in [-0.39, 0.29) is 36.7 Å². The maximum absolute atomic E-state index is 12.5. The van der Waals surface area contributed by atoms with Gasteiger partial charge in [-0.25, -0.2) is 0 Å². The maximum Gasteiger partial charge on any atom is 0.261 e. The van der Waals surface area contributed by atoms with Crippen LogP contribution >= 0.6 is 0 Å². The summed E-state index contributed by atoms with van der Waals surface area (Å²) in [5, 5.41) is 3.10. The molecule has 1 heterocycles. The van der Waals surface area contributed by atoms with Gasteiger partial charge in [0, 0.05) is 13.0 Å². The summed E-state index contributed by atoms with van der Waals surface area (Å²) in [6.45, 7) is 4.51. The average Bonchev–Trinajstić information content (AvgIpc) is 2.93. The second-order valence-corrected chi connectivity index (χ2v) is 7.57. The largest absolute Gasteiger partial charge is 0.349 e. The van der Waals surface area contributed by atoms with Crippen molar-refractivity contribution >= 4 is 17.7 Å². The summed E-state index contributed by atoms with van der Waals surface area (Å²) < 4.78 is 0. The van der Waals surface area contributed by atoms with E-state index in [1.165, 1.54) is 4.90 Å². The number of nitrogens with zero attached hydrogens (tertiary/aromatic N) is 1. The van der Waals surface area contributed by atoms with Crippen LogP contribution < -0.4 is 5.32 Å². The van der Waals surface area contributed by atoms with E-state index in [4.69, 9.17) is 0 Å². The zero-order valence-corrected chi connectivity index (χ0v) is 16.4. The van der Waals surface area contributed by atoms with Crippen molar-refractivity contribution in [1.29, 1.82) is 0 Å². The second-order valence-electron chi connectivity index (χ2n) is 7.57. The van der Waals surface area contributed by atoms with Crippen LogP contribution in [0.2, 0.25) is 0 Å². The number of nitrogens with one attached hydrogen (secondary N) is 1. The normalized spacial score (nSPS) is 14.3. The topological polar surface area (TPSA) is 66.5 Å². The van der Waals surface area contributed by atoms with Crippen LogP contribution in [0.15, 0.2) is 54.6 Å². The van der Waals surface area contributed by atoms with Gasteiger partial charge >= 0.3 is 0 Å². The third kappa shape index (κ3) is 4.47. The number of carbonyl (C=O) groups excluding carboxylic acids is 3. The molecule has 0 radical (unpaired) electrons. The van der Waals surface area contributed by atoms with Crippen molar-refractivity contribution in [2.45, 2.75) is 39.2 Å². The third-order valence-corrected chi connectivity index (χ3v) is 4.91. The quantitative estimate of drug-likeness (QED) is 0.707. The molecule has 0 unspecified atom stereocenters. The van der Waals surface area contributed by atoms with Gasteiger partial charge in [-0.1, -0.05) is 56.3 Å². The molecule has 1 atom stereocenters. The van der Waals surface area contributed by atoms with Gasteiger partial charge in [-0.2, -0.15) is 0 Å². The van der Waals surface area contributed by atoms with Crippen LogP contribution in [0.1, 0.15) is 65.4 Å². The van der Waals surface area contributed by atoms with E-state index in [1.807, 2.05) is 30.3 Å². The van der Waals surface area contributed by atoms with Crippen molar-refractivity contribution < 1.29 is 14.4 Å². The zero-order valence-electron chi connectivity index (χ0n) is 16.4. The number of imide groups is 1. The van der Waals surface area contributed by atoms with E-state index in [0.717, 1.165) is 12.0 Å². The first-order valence-corrected chi connectivity index (χ1v) is 9.77. The smallest absolute Gasteiger partial charge is 0.261 e. The summed E-state index contributed by atoms with van der Waals surface area (Å²) >= 11 is 0. The van der Waals surface area contributed by atoms with Gasteiger partial charge in [0.1, 0.15) is 0 Å². The highest BCUT2D eigenvalue weighted by Crippen LogP contribution is 2.23. The molecule has 0 fully saturated rings. The Morgan fingerprint density at radius 2 is 1.50 bits per heavy atom. The molecule has 1 aliphatic rings. The molecule has 0 spiro atoms. The molecule has 0 aromatic heterocycles. The minimum atomic E-state index is -0.275. The number of hydrogen-bond acceptors (Lipinski definition) is 3. The Morgan fingerprint density at radius 1 is 0.929 bits per heavy atom. The zero-order chi connectivity index (χ0) is 20.1. The number of carbonyl (C=O) groups is 3. The Hall–Kier alpha value is -2.95.